The van der Waals surface area contributed by atoms with Crippen molar-refractivity contribution in [2.75, 3.05) is 0 Å². The number of carbonyl (C=O) groups excluding carboxylic acids is 2. The van der Waals surface area contributed by atoms with Crippen LogP contribution < -0.4 is 16.4 Å². The van der Waals surface area contributed by atoms with Gasteiger partial charge in [-0.15, -0.1) is 0 Å². The lowest BCUT2D eigenvalue weighted by molar-refractivity contribution is 0.0843. The maximum Gasteiger partial charge on any atom is 0.290 e. The molecule has 0 bridgehead atoms. The Hall–Kier alpha value is -3.19. The quantitative estimate of drug-likeness (QED) is 0.691. The normalized spacial score (nSPS) is 10.5. The van der Waals surface area contributed by atoms with Gasteiger partial charge in [-0.25, -0.2) is 4.68 Å². The van der Waals surface area contributed by atoms with Crippen molar-refractivity contribution < 1.29 is 9.59 Å². The molecule has 2 amide bonds. The molecule has 1 aromatic heterocycles. The number of amides is 2. The molecule has 2 aromatic carbocycles. The average molecular weight is 371 g/mol. The molecule has 0 aliphatic rings. The number of benzene rings is 2. The van der Waals surface area contributed by atoms with E-state index in [2.05, 4.69) is 16.0 Å². The lowest BCUT2D eigenvalue weighted by Crippen LogP contribution is -2.42. The molecule has 0 aliphatic carbocycles. The van der Waals surface area contributed by atoms with Crippen molar-refractivity contribution in [3.63, 3.8) is 0 Å². The van der Waals surface area contributed by atoms with Crippen molar-refractivity contribution in [2.24, 2.45) is 0 Å². The number of carbonyl (C=O) groups is 2. The number of hydrogen-bond donors (Lipinski definition) is 2. The summed E-state index contributed by atoms with van der Waals surface area (Å²) in [7, 11) is 0. The van der Waals surface area contributed by atoms with Crippen LogP contribution in [-0.2, 0) is 6.54 Å². The molecule has 0 spiro atoms. The van der Waals surface area contributed by atoms with Gasteiger partial charge in [-0.2, -0.15) is 5.10 Å². The van der Waals surface area contributed by atoms with E-state index in [0.29, 0.717) is 17.3 Å². The number of hydrogen-bond acceptors (Lipinski definition) is 4. The number of hydrazine groups is 1. The molecule has 2 N–H and O–H groups in total. The molecule has 0 radical (unpaired) electrons. The summed E-state index contributed by atoms with van der Waals surface area (Å²) < 4.78 is 1.20. The highest BCUT2D eigenvalue weighted by Gasteiger charge is 2.17. The zero-order chi connectivity index (χ0) is 18.7. The van der Waals surface area contributed by atoms with E-state index in [-0.39, 0.29) is 21.8 Å². The summed E-state index contributed by atoms with van der Waals surface area (Å²) in [5, 5.41) is 5.16. The highest BCUT2D eigenvalue weighted by molar-refractivity contribution is 6.33. The second-order valence-corrected chi connectivity index (χ2v) is 5.81. The van der Waals surface area contributed by atoms with E-state index in [9.17, 15) is 14.4 Å². The summed E-state index contributed by atoms with van der Waals surface area (Å²) in [4.78, 5) is 37.0. The van der Waals surface area contributed by atoms with Crippen LogP contribution in [0.15, 0.2) is 53.3 Å². The van der Waals surface area contributed by atoms with Crippen molar-refractivity contribution in [3.05, 3.63) is 75.2 Å². The lowest BCUT2D eigenvalue weighted by atomic mass is 10.1. The van der Waals surface area contributed by atoms with E-state index < -0.39 is 11.8 Å². The second kappa shape index (κ2) is 7.37. The molecule has 0 fully saturated rings. The minimum Gasteiger partial charge on any atom is -0.267 e. The van der Waals surface area contributed by atoms with Crippen LogP contribution in [-0.4, -0.2) is 21.6 Å². The van der Waals surface area contributed by atoms with Crippen molar-refractivity contribution in [2.45, 2.75) is 13.5 Å². The van der Waals surface area contributed by atoms with Crippen LogP contribution in [0.5, 0.6) is 0 Å². The monoisotopic (exact) mass is 370 g/mol. The number of nitrogens with zero attached hydrogens (tertiary/aromatic N) is 2. The largest absolute Gasteiger partial charge is 0.290 e. The molecule has 0 saturated heterocycles. The van der Waals surface area contributed by atoms with E-state index in [4.69, 9.17) is 11.6 Å². The minimum absolute atomic E-state index is 0.0431. The maximum atomic E-state index is 12.5. The number of aryl methyl sites for hydroxylation is 1. The van der Waals surface area contributed by atoms with E-state index in [0.717, 1.165) is 0 Å². The van der Waals surface area contributed by atoms with Gasteiger partial charge in [0.05, 0.1) is 16.0 Å². The number of halogens is 1. The fraction of sp³-hybridized carbons (Fsp3) is 0.111. The van der Waals surface area contributed by atoms with Gasteiger partial charge in [-0.05, 0) is 25.1 Å². The Labute approximate surface area is 153 Å². The van der Waals surface area contributed by atoms with E-state index >= 15 is 0 Å². The Morgan fingerprint density at radius 3 is 2.31 bits per heavy atom. The van der Waals surface area contributed by atoms with Gasteiger partial charge in [-0.3, -0.25) is 25.2 Å². The van der Waals surface area contributed by atoms with Crippen molar-refractivity contribution in [3.8, 4) is 0 Å². The van der Waals surface area contributed by atoms with Crippen molar-refractivity contribution in [1.82, 2.24) is 20.6 Å². The second-order valence-electron chi connectivity index (χ2n) is 5.40. The Morgan fingerprint density at radius 2 is 1.62 bits per heavy atom. The molecule has 132 valence electrons. The van der Waals surface area contributed by atoms with E-state index in [1.165, 1.54) is 10.7 Å². The summed E-state index contributed by atoms with van der Waals surface area (Å²) in [5.41, 5.74) is 4.61. The molecule has 0 aliphatic heterocycles. The molecule has 3 rings (SSSR count). The zero-order valence-corrected chi connectivity index (χ0v) is 14.6. The molecule has 26 heavy (non-hydrogen) atoms. The first-order valence-corrected chi connectivity index (χ1v) is 8.25. The first-order chi connectivity index (χ1) is 12.5. The highest BCUT2D eigenvalue weighted by atomic mass is 35.5. The number of aromatic nitrogens is 2. The van der Waals surface area contributed by atoms with Crippen LogP contribution in [0.2, 0.25) is 5.02 Å². The van der Waals surface area contributed by atoms with E-state index in [1.807, 2.05) is 0 Å². The summed E-state index contributed by atoms with van der Waals surface area (Å²) in [6.45, 7) is 2.07. The fourth-order valence-electron chi connectivity index (χ4n) is 2.50. The molecule has 0 atom stereocenters. The van der Waals surface area contributed by atoms with Crippen LogP contribution in [0.4, 0.5) is 0 Å². The lowest BCUT2D eigenvalue weighted by Gasteiger charge is -2.11. The Bertz CT molecular complexity index is 1060. The highest BCUT2D eigenvalue weighted by Crippen LogP contribution is 2.15. The van der Waals surface area contributed by atoms with Gasteiger partial charge >= 0.3 is 0 Å². The third-order valence-corrected chi connectivity index (χ3v) is 4.12. The molecule has 3 aromatic rings. The van der Waals surface area contributed by atoms with Crippen LogP contribution in [0.1, 0.15) is 27.8 Å². The maximum absolute atomic E-state index is 12.5. The molecule has 0 saturated carbocycles. The average Bonchev–Trinajstić information content (AvgIpc) is 2.66. The zero-order valence-electron chi connectivity index (χ0n) is 13.8. The van der Waals surface area contributed by atoms with Crippen molar-refractivity contribution >= 4 is 34.2 Å². The Morgan fingerprint density at radius 1 is 1.00 bits per heavy atom. The van der Waals surface area contributed by atoms with Gasteiger partial charge in [0.25, 0.3) is 17.4 Å². The predicted octanol–water partition coefficient (Wildman–Crippen LogP) is 2.14. The Kier molecular flexibility index (Phi) is 4.99. The van der Waals surface area contributed by atoms with E-state index in [1.54, 1.807) is 49.4 Å². The van der Waals surface area contributed by atoms with Crippen molar-refractivity contribution in [1.29, 1.82) is 0 Å². The summed E-state index contributed by atoms with van der Waals surface area (Å²) >= 11 is 5.96. The van der Waals surface area contributed by atoms with Crippen LogP contribution in [0.25, 0.3) is 10.8 Å². The molecule has 1 heterocycles. The molecule has 0 unspecified atom stereocenters. The summed E-state index contributed by atoms with van der Waals surface area (Å²) in [6.07, 6.45) is 0. The predicted molar refractivity (Wildman–Crippen MR) is 98.1 cm³/mol. The van der Waals surface area contributed by atoms with Crippen LogP contribution in [0.3, 0.4) is 0 Å². The molecular formula is C18H15ClN4O3. The number of rotatable bonds is 3. The standard InChI is InChI=1S/C18H15ClN4O3/c1-2-23-18(26)12-8-4-3-7-11(12)15(22-23)17(25)21-20-16(24)13-9-5-6-10-14(13)19/h3-10H,2H2,1H3,(H,20,24)(H,21,25). The van der Waals surface area contributed by atoms with Gasteiger partial charge in [0.2, 0.25) is 0 Å². The number of fused-ring (bicyclic) bond motifs is 1. The Balaban J connectivity index is 1.89. The van der Waals surface area contributed by atoms with Gasteiger partial charge in [0.15, 0.2) is 5.69 Å². The third kappa shape index (κ3) is 3.29. The van der Waals surface area contributed by atoms with Gasteiger partial charge in [0.1, 0.15) is 0 Å². The summed E-state index contributed by atoms with van der Waals surface area (Å²) in [6, 6.07) is 13.2. The molecule has 8 heteroatoms. The summed E-state index contributed by atoms with van der Waals surface area (Å²) in [5.74, 6) is -1.19. The fourth-order valence-corrected chi connectivity index (χ4v) is 2.72. The number of nitrogens with one attached hydrogen (secondary N) is 2. The SMILES string of the molecule is CCn1nc(C(=O)NNC(=O)c2ccccc2Cl)c2ccccc2c1=O. The van der Waals surface area contributed by atoms with Gasteiger partial charge in [0, 0.05) is 11.9 Å². The van der Waals surface area contributed by atoms with Crippen LogP contribution in [0, 0.1) is 0 Å². The first-order valence-electron chi connectivity index (χ1n) is 7.88. The first kappa shape index (κ1) is 17.6. The topological polar surface area (TPSA) is 93.1 Å². The minimum atomic E-state index is -0.635. The molecular weight excluding hydrogens is 356 g/mol. The third-order valence-electron chi connectivity index (χ3n) is 3.79. The molecule has 7 nitrogen and oxygen atoms in total. The van der Waals surface area contributed by atoms with Gasteiger partial charge in [-0.1, -0.05) is 41.9 Å². The smallest absolute Gasteiger partial charge is 0.267 e. The van der Waals surface area contributed by atoms with Crippen LogP contribution >= 0.6 is 11.6 Å². The van der Waals surface area contributed by atoms with Gasteiger partial charge < -0.3 is 0 Å².